The van der Waals surface area contributed by atoms with Gasteiger partial charge in [-0.15, -0.1) is 0 Å². The largest absolute Gasteiger partial charge is 0.328 e. The number of nitrogens with two attached hydrogens (primary N) is 1. The summed E-state index contributed by atoms with van der Waals surface area (Å²) >= 11 is 3.17. The highest BCUT2D eigenvalue weighted by molar-refractivity contribution is 9.10. The second-order valence-corrected chi connectivity index (χ2v) is 5.31. The Morgan fingerprint density at radius 3 is 2.94 bits per heavy atom. The van der Waals surface area contributed by atoms with Crippen molar-refractivity contribution < 1.29 is 4.39 Å². The zero-order chi connectivity index (χ0) is 11.7. The summed E-state index contributed by atoms with van der Waals surface area (Å²) in [4.78, 5) is 2.24. The first-order valence-corrected chi connectivity index (χ1v) is 6.28. The van der Waals surface area contributed by atoms with Crippen LogP contribution in [0.4, 0.5) is 4.39 Å². The van der Waals surface area contributed by atoms with Crippen LogP contribution in [0.3, 0.4) is 0 Å². The molecule has 1 aromatic rings. The van der Waals surface area contributed by atoms with E-state index in [9.17, 15) is 4.39 Å². The van der Waals surface area contributed by atoms with Crippen LogP contribution in [0.15, 0.2) is 22.7 Å². The van der Waals surface area contributed by atoms with E-state index in [4.69, 9.17) is 5.73 Å². The molecule has 1 heterocycles. The minimum atomic E-state index is -0.204. The Kier molecular flexibility index (Phi) is 3.62. The topological polar surface area (TPSA) is 29.3 Å². The first-order valence-electron chi connectivity index (χ1n) is 5.48. The van der Waals surface area contributed by atoms with Gasteiger partial charge in [0, 0.05) is 12.1 Å². The lowest BCUT2D eigenvalue weighted by atomic mass is 9.93. The molecular weight excluding hydrogens is 271 g/mol. The van der Waals surface area contributed by atoms with Gasteiger partial charge in [-0.25, -0.2) is 4.39 Å². The van der Waals surface area contributed by atoms with Crippen molar-refractivity contribution in [1.82, 2.24) is 4.90 Å². The van der Waals surface area contributed by atoms with E-state index in [1.54, 1.807) is 12.1 Å². The fraction of sp³-hybridized carbons (Fsp3) is 0.500. The summed E-state index contributed by atoms with van der Waals surface area (Å²) < 4.78 is 14.0. The third-order valence-corrected chi connectivity index (χ3v) is 3.88. The summed E-state index contributed by atoms with van der Waals surface area (Å²) in [6.07, 6.45) is 1.92. The Balaban J connectivity index is 2.24. The predicted molar refractivity (Wildman–Crippen MR) is 66.7 cm³/mol. The molecule has 1 aliphatic rings. The van der Waals surface area contributed by atoms with Crippen molar-refractivity contribution in [2.24, 2.45) is 5.73 Å². The van der Waals surface area contributed by atoms with Crippen LogP contribution >= 0.6 is 15.9 Å². The molecule has 88 valence electrons. The van der Waals surface area contributed by atoms with Crippen molar-refractivity contribution in [1.29, 1.82) is 0 Å². The molecule has 2 nitrogen and oxygen atoms in total. The van der Waals surface area contributed by atoms with Crippen molar-refractivity contribution in [3.8, 4) is 0 Å². The minimum Gasteiger partial charge on any atom is -0.328 e. The highest BCUT2D eigenvalue weighted by atomic mass is 79.9. The van der Waals surface area contributed by atoms with Gasteiger partial charge in [-0.05, 0) is 60.1 Å². The van der Waals surface area contributed by atoms with E-state index in [2.05, 4.69) is 27.9 Å². The van der Waals surface area contributed by atoms with Crippen LogP contribution in [-0.4, -0.2) is 24.5 Å². The molecule has 0 spiro atoms. The van der Waals surface area contributed by atoms with Crippen molar-refractivity contribution >= 4 is 15.9 Å². The lowest BCUT2D eigenvalue weighted by molar-refractivity contribution is 0.171. The lowest BCUT2D eigenvalue weighted by Gasteiger charge is -2.36. The van der Waals surface area contributed by atoms with Crippen LogP contribution in [-0.2, 0) is 0 Å². The van der Waals surface area contributed by atoms with E-state index >= 15 is 0 Å². The van der Waals surface area contributed by atoms with Crippen LogP contribution in [0, 0.1) is 5.82 Å². The zero-order valence-electron chi connectivity index (χ0n) is 9.29. The quantitative estimate of drug-likeness (QED) is 0.860. The van der Waals surface area contributed by atoms with Gasteiger partial charge >= 0.3 is 0 Å². The van der Waals surface area contributed by atoms with Crippen molar-refractivity contribution in [3.63, 3.8) is 0 Å². The Labute approximate surface area is 104 Å². The summed E-state index contributed by atoms with van der Waals surface area (Å²) in [5.74, 6) is -0.204. The number of halogens is 2. The first kappa shape index (κ1) is 12.0. The summed E-state index contributed by atoms with van der Waals surface area (Å²) in [5.41, 5.74) is 6.98. The molecule has 0 aromatic heterocycles. The number of hydrogen-bond acceptors (Lipinski definition) is 2. The van der Waals surface area contributed by atoms with Crippen molar-refractivity contribution in [2.45, 2.75) is 24.9 Å². The van der Waals surface area contributed by atoms with Crippen LogP contribution in [0.25, 0.3) is 0 Å². The molecule has 2 atom stereocenters. The highest BCUT2D eigenvalue weighted by Gasteiger charge is 2.25. The van der Waals surface area contributed by atoms with E-state index in [0.29, 0.717) is 4.47 Å². The third kappa shape index (κ3) is 2.44. The van der Waals surface area contributed by atoms with Crippen molar-refractivity contribution in [2.75, 3.05) is 13.6 Å². The molecule has 2 rings (SSSR count). The van der Waals surface area contributed by atoms with Crippen LogP contribution in [0.1, 0.15) is 24.4 Å². The maximum absolute atomic E-state index is 13.5. The molecular formula is C12H16BrFN2. The van der Waals surface area contributed by atoms with Gasteiger partial charge in [-0.2, -0.15) is 0 Å². The fourth-order valence-corrected chi connectivity index (χ4v) is 2.47. The average Bonchev–Trinajstić information content (AvgIpc) is 2.26. The van der Waals surface area contributed by atoms with Crippen LogP contribution in [0.5, 0.6) is 0 Å². The molecule has 0 bridgehead atoms. The number of benzene rings is 1. The summed E-state index contributed by atoms with van der Waals surface area (Å²) in [6, 6.07) is 5.80. The Hall–Kier alpha value is -0.450. The SMILES string of the molecule is CN1CCC(N)CC1c1ccc(Br)c(F)c1. The van der Waals surface area contributed by atoms with Gasteiger partial charge < -0.3 is 5.73 Å². The second-order valence-electron chi connectivity index (χ2n) is 4.45. The molecule has 4 heteroatoms. The Morgan fingerprint density at radius 1 is 1.50 bits per heavy atom. The molecule has 1 saturated heterocycles. The lowest BCUT2D eigenvalue weighted by Crippen LogP contribution is -2.39. The van der Waals surface area contributed by atoms with E-state index in [0.717, 1.165) is 24.9 Å². The number of piperidine rings is 1. The number of nitrogens with zero attached hydrogens (tertiary/aromatic N) is 1. The van der Waals surface area contributed by atoms with Crippen molar-refractivity contribution in [3.05, 3.63) is 34.1 Å². The van der Waals surface area contributed by atoms with E-state index in [-0.39, 0.29) is 17.9 Å². The Bertz CT molecular complexity index is 383. The fourth-order valence-electron chi connectivity index (χ4n) is 2.22. The molecule has 0 amide bonds. The monoisotopic (exact) mass is 286 g/mol. The predicted octanol–water partition coefficient (Wildman–Crippen LogP) is 2.68. The van der Waals surface area contributed by atoms with Gasteiger partial charge in [0.15, 0.2) is 0 Å². The maximum Gasteiger partial charge on any atom is 0.137 e. The number of hydrogen-bond donors (Lipinski definition) is 1. The van der Waals surface area contributed by atoms with Gasteiger partial charge in [-0.1, -0.05) is 6.07 Å². The average molecular weight is 287 g/mol. The third-order valence-electron chi connectivity index (χ3n) is 3.24. The van der Waals surface area contributed by atoms with Crippen LogP contribution in [0.2, 0.25) is 0 Å². The molecule has 2 N–H and O–H groups in total. The summed E-state index contributed by atoms with van der Waals surface area (Å²) in [7, 11) is 2.07. The van der Waals surface area contributed by atoms with Gasteiger partial charge in [0.25, 0.3) is 0 Å². The minimum absolute atomic E-state index is 0.204. The Morgan fingerprint density at radius 2 is 2.25 bits per heavy atom. The normalized spacial score (nSPS) is 27.0. The van der Waals surface area contributed by atoms with Gasteiger partial charge in [-0.3, -0.25) is 4.90 Å². The zero-order valence-corrected chi connectivity index (χ0v) is 10.9. The smallest absolute Gasteiger partial charge is 0.137 e. The molecule has 1 aliphatic heterocycles. The molecule has 0 aliphatic carbocycles. The highest BCUT2D eigenvalue weighted by Crippen LogP contribution is 2.30. The second kappa shape index (κ2) is 4.82. The molecule has 0 radical (unpaired) electrons. The first-order chi connectivity index (χ1) is 7.58. The summed E-state index contributed by atoms with van der Waals surface area (Å²) in [6.45, 7) is 0.976. The molecule has 16 heavy (non-hydrogen) atoms. The van der Waals surface area contributed by atoms with E-state index < -0.39 is 0 Å². The summed E-state index contributed by atoms with van der Waals surface area (Å²) in [5, 5.41) is 0. The maximum atomic E-state index is 13.5. The van der Waals surface area contributed by atoms with Gasteiger partial charge in [0.2, 0.25) is 0 Å². The molecule has 0 saturated carbocycles. The molecule has 1 aromatic carbocycles. The molecule has 2 unspecified atom stereocenters. The van der Waals surface area contributed by atoms with E-state index in [1.165, 1.54) is 0 Å². The van der Waals surface area contributed by atoms with Gasteiger partial charge in [0.1, 0.15) is 5.82 Å². The van der Waals surface area contributed by atoms with Gasteiger partial charge in [0.05, 0.1) is 4.47 Å². The van der Waals surface area contributed by atoms with E-state index in [1.807, 2.05) is 6.07 Å². The molecule has 1 fully saturated rings. The standard InChI is InChI=1S/C12H16BrFN2/c1-16-5-4-9(15)7-12(16)8-2-3-10(13)11(14)6-8/h2-3,6,9,12H,4-5,7,15H2,1H3. The number of likely N-dealkylation sites (tertiary alicyclic amines) is 1. The number of rotatable bonds is 1. The van der Waals surface area contributed by atoms with Crippen LogP contribution < -0.4 is 5.73 Å².